The van der Waals surface area contributed by atoms with Gasteiger partial charge >= 0.3 is 0 Å². The van der Waals surface area contributed by atoms with Gasteiger partial charge in [0.2, 0.25) is 0 Å². The van der Waals surface area contributed by atoms with Crippen LogP contribution in [0, 0.1) is 13.8 Å². The van der Waals surface area contributed by atoms with Crippen molar-refractivity contribution in [3.8, 4) is 0 Å². The van der Waals surface area contributed by atoms with Gasteiger partial charge in [-0.05, 0) is 53.0 Å². The number of nitrogens with zero attached hydrogens (tertiary/aromatic N) is 2. The molecule has 0 bridgehead atoms. The summed E-state index contributed by atoms with van der Waals surface area (Å²) in [7, 11) is 0. The quantitative estimate of drug-likeness (QED) is 0.762. The normalized spacial score (nSPS) is 10.6. The molecule has 19 heavy (non-hydrogen) atoms. The molecule has 1 heterocycles. The van der Waals surface area contributed by atoms with E-state index in [-0.39, 0.29) is 0 Å². The summed E-state index contributed by atoms with van der Waals surface area (Å²) in [5.41, 5.74) is 3.45. The molecule has 0 amide bonds. The smallest absolute Gasteiger partial charge is 0.135 e. The van der Waals surface area contributed by atoms with Crippen LogP contribution < -0.4 is 5.32 Å². The van der Waals surface area contributed by atoms with Gasteiger partial charge in [-0.2, -0.15) is 0 Å². The van der Waals surface area contributed by atoms with Crippen LogP contribution in [-0.4, -0.2) is 9.97 Å². The van der Waals surface area contributed by atoms with Crippen LogP contribution in [0.2, 0.25) is 0 Å². The van der Waals surface area contributed by atoms with E-state index in [4.69, 9.17) is 0 Å². The number of aromatic nitrogens is 2. The van der Waals surface area contributed by atoms with Gasteiger partial charge < -0.3 is 5.32 Å². The Bertz CT molecular complexity index is 589. The number of benzene rings is 1. The van der Waals surface area contributed by atoms with Gasteiger partial charge in [-0.3, -0.25) is 0 Å². The summed E-state index contributed by atoms with van der Waals surface area (Å²) in [4.78, 5) is 8.80. The summed E-state index contributed by atoms with van der Waals surface area (Å²) in [5, 5.41) is 3.38. The van der Waals surface area contributed by atoms with Crippen LogP contribution >= 0.6 is 31.9 Å². The molecule has 0 aliphatic rings. The van der Waals surface area contributed by atoms with Gasteiger partial charge in [-0.15, -0.1) is 0 Å². The van der Waals surface area contributed by atoms with Gasteiger partial charge in [0, 0.05) is 22.6 Å². The first-order valence-electron chi connectivity index (χ1n) is 6.07. The van der Waals surface area contributed by atoms with Crippen molar-refractivity contribution in [2.24, 2.45) is 0 Å². The number of hydrogen-bond donors (Lipinski definition) is 1. The summed E-state index contributed by atoms with van der Waals surface area (Å²) in [5.74, 6) is 1.64. The maximum Gasteiger partial charge on any atom is 0.135 e. The second-order valence-electron chi connectivity index (χ2n) is 4.39. The lowest BCUT2D eigenvalue weighted by Gasteiger charge is -2.13. The van der Waals surface area contributed by atoms with Crippen molar-refractivity contribution < 1.29 is 0 Å². The Morgan fingerprint density at radius 1 is 1.05 bits per heavy atom. The molecular weight excluding hydrogens is 370 g/mol. The molecule has 0 aliphatic carbocycles. The number of aryl methyl sites for hydroxylation is 3. The maximum atomic E-state index is 4.49. The summed E-state index contributed by atoms with van der Waals surface area (Å²) >= 11 is 6.92. The predicted octanol–water partition coefficient (Wildman–Crippen LogP) is 4.92. The third kappa shape index (κ3) is 3.54. The molecule has 100 valence electrons. The molecule has 0 radical (unpaired) electrons. The first-order valence-corrected chi connectivity index (χ1v) is 7.65. The van der Waals surface area contributed by atoms with Crippen molar-refractivity contribution >= 4 is 43.4 Å². The highest BCUT2D eigenvalue weighted by Crippen LogP contribution is 2.28. The summed E-state index contributed by atoms with van der Waals surface area (Å²) in [6.45, 7) is 6.20. The first kappa shape index (κ1) is 14.5. The van der Waals surface area contributed by atoms with Crippen LogP contribution in [0.25, 0.3) is 0 Å². The van der Waals surface area contributed by atoms with E-state index in [2.05, 4.69) is 73.1 Å². The monoisotopic (exact) mass is 383 g/mol. The largest absolute Gasteiger partial charge is 0.340 e. The zero-order valence-corrected chi connectivity index (χ0v) is 14.3. The van der Waals surface area contributed by atoms with Crippen LogP contribution in [0.1, 0.15) is 23.9 Å². The highest BCUT2D eigenvalue weighted by Gasteiger charge is 2.07. The molecule has 0 spiro atoms. The van der Waals surface area contributed by atoms with Crippen LogP contribution in [0.3, 0.4) is 0 Å². The van der Waals surface area contributed by atoms with Gasteiger partial charge in [-0.25, -0.2) is 9.97 Å². The fourth-order valence-corrected chi connectivity index (χ4v) is 3.03. The van der Waals surface area contributed by atoms with E-state index in [0.29, 0.717) is 0 Å². The molecule has 3 nitrogen and oxygen atoms in total. The van der Waals surface area contributed by atoms with E-state index < -0.39 is 0 Å². The summed E-state index contributed by atoms with van der Waals surface area (Å²) in [6.07, 6.45) is 0.812. The van der Waals surface area contributed by atoms with Crippen molar-refractivity contribution in [1.29, 1.82) is 0 Å². The summed E-state index contributed by atoms with van der Waals surface area (Å²) < 4.78 is 1.89. The zero-order valence-electron chi connectivity index (χ0n) is 11.1. The highest BCUT2D eigenvalue weighted by atomic mass is 79.9. The number of anilines is 2. The molecular formula is C14H15Br2N3. The second-order valence-corrected chi connectivity index (χ2v) is 6.11. The molecule has 5 heteroatoms. The molecule has 0 aliphatic heterocycles. The van der Waals surface area contributed by atoms with Crippen molar-refractivity contribution in [2.45, 2.75) is 27.2 Å². The Morgan fingerprint density at radius 2 is 1.68 bits per heavy atom. The van der Waals surface area contributed by atoms with E-state index in [1.54, 1.807) is 0 Å². The zero-order chi connectivity index (χ0) is 14.0. The Kier molecular flexibility index (Phi) is 4.58. The number of nitrogens with one attached hydrogen (secondary N) is 1. The average Bonchev–Trinajstić information content (AvgIpc) is 2.33. The van der Waals surface area contributed by atoms with E-state index in [9.17, 15) is 0 Å². The lowest BCUT2D eigenvalue weighted by Crippen LogP contribution is -2.02. The minimum absolute atomic E-state index is 0.800. The van der Waals surface area contributed by atoms with Gasteiger partial charge in [0.1, 0.15) is 16.2 Å². The van der Waals surface area contributed by atoms with Gasteiger partial charge in [0.15, 0.2) is 0 Å². The highest BCUT2D eigenvalue weighted by molar-refractivity contribution is 9.10. The third-order valence-electron chi connectivity index (χ3n) is 2.81. The Hall–Kier alpha value is -0.940. The van der Waals surface area contributed by atoms with E-state index in [1.807, 2.05) is 13.0 Å². The van der Waals surface area contributed by atoms with Gasteiger partial charge in [-0.1, -0.05) is 22.9 Å². The molecule has 0 saturated heterocycles. The SMILES string of the molecule is CCc1nc(Br)cc(Nc2c(C)cc(Br)cc2C)n1. The molecule has 1 N–H and O–H groups in total. The van der Waals surface area contributed by atoms with Crippen LogP contribution in [0.15, 0.2) is 27.3 Å². The fourth-order valence-electron chi connectivity index (χ4n) is 1.92. The van der Waals surface area contributed by atoms with Crippen molar-refractivity contribution in [2.75, 3.05) is 5.32 Å². The molecule has 1 aromatic carbocycles. The van der Waals surface area contributed by atoms with Gasteiger partial charge in [0.25, 0.3) is 0 Å². The topological polar surface area (TPSA) is 37.8 Å². The molecule has 2 aromatic rings. The van der Waals surface area contributed by atoms with Gasteiger partial charge in [0.05, 0.1) is 0 Å². The minimum Gasteiger partial charge on any atom is -0.340 e. The molecule has 0 unspecified atom stereocenters. The van der Waals surface area contributed by atoms with Crippen molar-refractivity contribution in [3.05, 3.63) is 44.2 Å². The third-order valence-corrected chi connectivity index (χ3v) is 3.67. The number of hydrogen-bond acceptors (Lipinski definition) is 3. The maximum absolute atomic E-state index is 4.49. The molecule has 2 rings (SSSR count). The van der Waals surface area contributed by atoms with Crippen molar-refractivity contribution in [1.82, 2.24) is 9.97 Å². The predicted molar refractivity (Wildman–Crippen MR) is 86.0 cm³/mol. The molecule has 0 saturated carbocycles. The molecule has 0 fully saturated rings. The van der Waals surface area contributed by atoms with E-state index in [0.717, 1.165) is 32.8 Å². The van der Waals surface area contributed by atoms with Crippen LogP contribution in [0.5, 0.6) is 0 Å². The molecule has 0 atom stereocenters. The Morgan fingerprint density at radius 3 is 2.26 bits per heavy atom. The Balaban J connectivity index is 2.39. The fraction of sp³-hybridized carbons (Fsp3) is 0.286. The van der Waals surface area contributed by atoms with Crippen LogP contribution in [0.4, 0.5) is 11.5 Å². The minimum atomic E-state index is 0.800. The number of halogens is 2. The lowest BCUT2D eigenvalue weighted by molar-refractivity contribution is 0.931. The van der Waals surface area contributed by atoms with Crippen molar-refractivity contribution in [3.63, 3.8) is 0 Å². The standard InChI is InChI=1S/C14H15Br2N3/c1-4-12-17-11(16)7-13(18-12)19-14-8(2)5-10(15)6-9(14)3/h5-7H,4H2,1-3H3,(H,17,18,19). The first-order chi connectivity index (χ1) is 8.99. The van der Waals surface area contributed by atoms with E-state index >= 15 is 0 Å². The second kappa shape index (κ2) is 6.01. The van der Waals surface area contributed by atoms with Crippen LogP contribution in [-0.2, 0) is 6.42 Å². The molecule has 1 aromatic heterocycles. The summed E-state index contributed by atoms with van der Waals surface area (Å²) in [6, 6.07) is 6.07. The Labute approximate surface area is 130 Å². The lowest BCUT2D eigenvalue weighted by atomic mass is 10.1. The van der Waals surface area contributed by atoms with E-state index in [1.165, 1.54) is 11.1 Å². The average molecular weight is 385 g/mol. The number of rotatable bonds is 3.